The molecule has 0 radical (unpaired) electrons. The first-order valence-corrected chi connectivity index (χ1v) is 12.9. The fourth-order valence-corrected chi connectivity index (χ4v) is 5.98. The highest BCUT2D eigenvalue weighted by Gasteiger charge is 2.28. The van der Waals surface area contributed by atoms with Gasteiger partial charge in [0.05, 0.1) is 16.3 Å². The molecule has 1 fully saturated rings. The van der Waals surface area contributed by atoms with Crippen LogP contribution in [0.4, 0.5) is 5.69 Å². The predicted molar refractivity (Wildman–Crippen MR) is 129 cm³/mol. The summed E-state index contributed by atoms with van der Waals surface area (Å²) < 4.78 is 32.7. The van der Waals surface area contributed by atoms with Crippen molar-refractivity contribution in [2.75, 3.05) is 24.6 Å². The van der Waals surface area contributed by atoms with E-state index >= 15 is 0 Å². The van der Waals surface area contributed by atoms with Crippen molar-refractivity contribution >= 4 is 27.1 Å². The number of aliphatic hydroxyl groups is 1. The number of nitrogens with zero attached hydrogens (tertiary/aromatic N) is 2. The third-order valence-corrected chi connectivity index (χ3v) is 8.01. The third-order valence-electron chi connectivity index (χ3n) is 5.87. The molecule has 0 aliphatic carbocycles. The average molecular weight is 487 g/mol. The number of aromatic nitrogens is 1. The quantitative estimate of drug-likeness (QED) is 0.510. The largest absolute Gasteiger partial charge is 0.471 e. The molecule has 1 N–H and O–H groups in total. The third kappa shape index (κ3) is 5.00. The number of benzene rings is 2. The summed E-state index contributed by atoms with van der Waals surface area (Å²) in [6.45, 7) is 3.24. The highest BCUT2D eigenvalue weighted by Crippen LogP contribution is 2.32. The second-order valence-corrected chi connectivity index (χ2v) is 10.3. The summed E-state index contributed by atoms with van der Waals surface area (Å²) >= 11 is 6.17. The SMILES string of the molecule is CCc1ccccc1S(=O)(=O)c1ccc(N2CC[C@H](Oc3ncccc3Cl)C2)c(CCO)c1. The Morgan fingerprint density at radius 2 is 1.97 bits per heavy atom. The van der Waals surface area contributed by atoms with Crippen LogP contribution in [0, 0.1) is 0 Å². The van der Waals surface area contributed by atoms with Crippen LogP contribution in [0.2, 0.25) is 5.02 Å². The standard InChI is InChI=1S/C25H27ClN2O4S/c1-2-18-6-3-4-8-24(18)33(30,31)21-9-10-23(19(16-21)12-15-29)28-14-11-20(17-28)32-25-22(26)7-5-13-27-25/h3-10,13,16,20,29H,2,11-12,14-15,17H2,1H3/t20-/m0/s1. The number of ether oxygens (including phenoxy) is 1. The first kappa shape index (κ1) is 23.5. The second kappa shape index (κ2) is 10.1. The van der Waals surface area contributed by atoms with Gasteiger partial charge in [-0.15, -0.1) is 0 Å². The van der Waals surface area contributed by atoms with Crippen LogP contribution in [0.1, 0.15) is 24.5 Å². The van der Waals surface area contributed by atoms with Gasteiger partial charge in [-0.2, -0.15) is 0 Å². The zero-order chi connectivity index (χ0) is 23.4. The molecule has 1 aliphatic rings. The molecule has 33 heavy (non-hydrogen) atoms. The molecule has 4 rings (SSSR count). The van der Waals surface area contributed by atoms with Gasteiger partial charge in [-0.1, -0.05) is 36.7 Å². The molecule has 1 aliphatic heterocycles. The van der Waals surface area contributed by atoms with Crippen molar-refractivity contribution in [2.45, 2.75) is 42.1 Å². The number of pyridine rings is 1. The molecule has 6 nitrogen and oxygen atoms in total. The minimum absolute atomic E-state index is 0.0701. The lowest BCUT2D eigenvalue weighted by Gasteiger charge is -2.23. The minimum Gasteiger partial charge on any atom is -0.471 e. The van der Waals surface area contributed by atoms with Crippen LogP contribution in [-0.4, -0.2) is 44.3 Å². The van der Waals surface area contributed by atoms with Gasteiger partial charge in [-0.25, -0.2) is 13.4 Å². The Balaban J connectivity index is 1.60. The Bertz CT molecular complexity index is 1230. The van der Waals surface area contributed by atoms with Crippen LogP contribution in [0.3, 0.4) is 0 Å². The van der Waals surface area contributed by atoms with E-state index in [0.29, 0.717) is 35.2 Å². The Labute approximate surface area is 199 Å². The molecule has 2 aromatic carbocycles. The van der Waals surface area contributed by atoms with Gasteiger partial charge in [0.1, 0.15) is 11.1 Å². The van der Waals surface area contributed by atoms with E-state index in [1.54, 1.807) is 42.6 Å². The number of rotatable bonds is 8. The molecular weight excluding hydrogens is 460 g/mol. The Hall–Kier alpha value is -2.61. The summed E-state index contributed by atoms with van der Waals surface area (Å²) in [5.74, 6) is 0.414. The van der Waals surface area contributed by atoms with E-state index in [9.17, 15) is 13.5 Å². The summed E-state index contributed by atoms with van der Waals surface area (Å²) in [5, 5.41) is 10.1. The maximum atomic E-state index is 13.4. The molecule has 8 heteroatoms. The Morgan fingerprint density at radius 3 is 2.73 bits per heavy atom. The number of aryl methyl sites for hydroxylation is 1. The number of hydrogen-bond acceptors (Lipinski definition) is 6. The molecule has 2 heterocycles. The molecule has 1 aromatic heterocycles. The molecule has 0 saturated carbocycles. The molecule has 1 saturated heterocycles. The summed E-state index contributed by atoms with van der Waals surface area (Å²) in [5.41, 5.74) is 2.49. The van der Waals surface area contributed by atoms with E-state index in [4.69, 9.17) is 16.3 Å². The molecule has 0 bridgehead atoms. The van der Waals surface area contributed by atoms with Crippen LogP contribution in [0.5, 0.6) is 5.88 Å². The number of anilines is 1. The number of sulfone groups is 1. The van der Waals surface area contributed by atoms with Crippen LogP contribution in [-0.2, 0) is 22.7 Å². The van der Waals surface area contributed by atoms with E-state index in [1.165, 1.54) is 0 Å². The van der Waals surface area contributed by atoms with Crippen molar-refractivity contribution in [2.24, 2.45) is 0 Å². The summed E-state index contributed by atoms with van der Waals surface area (Å²) in [4.78, 5) is 6.92. The highest BCUT2D eigenvalue weighted by molar-refractivity contribution is 7.91. The Morgan fingerprint density at radius 1 is 1.15 bits per heavy atom. The molecular formula is C25H27ClN2O4S. The fourth-order valence-electron chi connectivity index (χ4n) is 4.20. The van der Waals surface area contributed by atoms with Crippen molar-refractivity contribution in [1.29, 1.82) is 0 Å². The lowest BCUT2D eigenvalue weighted by atomic mass is 10.1. The number of aliphatic hydroxyl groups excluding tert-OH is 1. The van der Waals surface area contributed by atoms with Crippen molar-refractivity contribution in [3.8, 4) is 5.88 Å². The van der Waals surface area contributed by atoms with Gasteiger partial charge in [0.15, 0.2) is 0 Å². The fraction of sp³-hybridized carbons (Fsp3) is 0.320. The average Bonchev–Trinajstić information content (AvgIpc) is 3.29. The summed E-state index contributed by atoms with van der Waals surface area (Å²) in [6, 6.07) is 15.8. The van der Waals surface area contributed by atoms with Gasteiger partial charge in [-0.05, 0) is 60.4 Å². The molecule has 0 amide bonds. The highest BCUT2D eigenvalue weighted by atomic mass is 35.5. The first-order chi connectivity index (χ1) is 15.9. The van der Waals surface area contributed by atoms with Gasteiger partial charge >= 0.3 is 0 Å². The van der Waals surface area contributed by atoms with Crippen LogP contribution in [0.15, 0.2) is 70.6 Å². The van der Waals surface area contributed by atoms with Crippen molar-refractivity contribution in [1.82, 2.24) is 4.98 Å². The van der Waals surface area contributed by atoms with E-state index in [-0.39, 0.29) is 17.6 Å². The van der Waals surface area contributed by atoms with E-state index in [0.717, 1.165) is 29.8 Å². The molecule has 1 atom stereocenters. The number of hydrogen-bond donors (Lipinski definition) is 1. The summed E-state index contributed by atoms with van der Waals surface area (Å²) in [6.07, 6.45) is 3.34. The van der Waals surface area contributed by atoms with Crippen molar-refractivity contribution in [3.05, 3.63) is 76.9 Å². The molecule has 3 aromatic rings. The zero-order valence-corrected chi connectivity index (χ0v) is 20.0. The lowest BCUT2D eigenvalue weighted by molar-refractivity contribution is 0.216. The predicted octanol–water partition coefficient (Wildman–Crippen LogP) is 4.32. The van der Waals surface area contributed by atoms with Crippen LogP contribution >= 0.6 is 11.6 Å². The first-order valence-electron chi connectivity index (χ1n) is 11.0. The molecule has 174 valence electrons. The minimum atomic E-state index is -3.67. The topological polar surface area (TPSA) is 79.7 Å². The second-order valence-electron chi connectivity index (χ2n) is 7.99. The van der Waals surface area contributed by atoms with Gasteiger partial charge in [0.25, 0.3) is 0 Å². The van der Waals surface area contributed by atoms with Gasteiger partial charge < -0.3 is 14.7 Å². The normalized spacial score (nSPS) is 16.2. The van der Waals surface area contributed by atoms with Crippen molar-refractivity contribution < 1.29 is 18.3 Å². The van der Waals surface area contributed by atoms with E-state index in [1.807, 2.05) is 25.1 Å². The molecule has 0 spiro atoms. The van der Waals surface area contributed by atoms with E-state index in [2.05, 4.69) is 9.88 Å². The smallest absolute Gasteiger partial charge is 0.232 e. The monoisotopic (exact) mass is 486 g/mol. The van der Waals surface area contributed by atoms with E-state index < -0.39 is 9.84 Å². The number of halogens is 1. The van der Waals surface area contributed by atoms with Gasteiger partial charge in [-0.3, -0.25) is 0 Å². The maximum absolute atomic E-state index is 13.4. The lowest BCUT2D eigenvalue weighted by Crippen LogP contribution is -2.26. The van der Waals surface area contributed by atoms with Crippen LogP contribution < -0.4 is 9.64 Å². The van der Waals surface area contributed by atoms with Gasteiger partial charge in [0.2, 0.25) is 15.7 Å². The molecule has 0 unspecified atom stereocenters. The van der Waals surface area contributed by atoms with Crippen molar-refractivity contribution in [3.63, 3.8) is 0 Å². The Kier molecular flexibility index (Phi) is 7.22. The maximum Gasteiger partial charge on any atom is 0.232 e. The zero-order valence-electron chi connectivity index (χ0n) is 18.4. The van der Waals surface area contributed by atoms with Crippen LogP contribution in [0.25, 0.3) is 0 Å². The van der Waals surface area contributed by atoms with Gasteiger partial charge in [0, 0.05) is 31.5 Å². The summed E-state index contributed by atoms with van der Waals surface area (Å²) in [7, 11) is -3.67.